The van der Waals surface area contributed by atoms with Gasteiger partial charge in [-0.05, 0) is 13.0 Å². The molecule has 0 aromatic carbocycles. The molecule has 1 unspecified atom stereocenters. The van der Waals surface area contributed by atoms with Crippen molar-refractivity contribution < 1.29 is 18.0 Å². The van der Waals surface area contributed by atoms with Gasteiger partial charge < -0.3 is 5.32 Å². The molecule has 0 aliphatic heterocycles. The number of halogens is 3. The fourth-order valence-electron chi connectivity index (χ4n) is 0.961. The summed E-state index contributed by atoms with van der Waals surface area (Å²) in [5, 5.41) is 1.54. The van der Waals surface area contributed by atoms with Crippen LogP contribution in [-0.4, -0.2) is 10.9 Å². The molecule has 0 aliphatic rings. The summed E-state index contributed by atoms with van der Waals surface area (Å²) in [4.78, 5) is 14.5. The molecule has 7 heteroatoms. The van der Waals surface area contributed by atoms with Gasteiger partial charge in [0.05, 0.1) is 6.04 Å². The number of nitrogens with one attached hydrogen (secondary N) is 1. The van der Waals surface area contributed by atoms with Gasteiger partial charge in [0, 0.05) is 11.1 Å². The summed E-state index contributed by atoms with van der Waals surface area (Å²) in [5.74, 6) is -0.436. The third-order valence-electron chi connectivity index (χ3n) is 1.74. The van der Waals surface area contributed by atoms with E-state index in [1.807, 2.05) is 0 Å². The summed E-state index contributed by atoms with van der Waals surface area (Å²) in [6.45, 7) is 4.83. The predicted octanol–water partition coefficient (Wildman–Crippen LogP) is 2.53. The van der Waals surface area contributed by atoms with Crippen molar-refractivity contribution in [2.45, 2.75) is 19.1 Å². The average Bonchev–Trinajstić information content (AvgIpc) is 2.65. The molecule has 0 fully saturated rings. The Kier molecular flexibility index (Phi) is 3.69. The van der Waals surface area contributed by atoms with Gasteiger partial charge in [-0.1, -0.05) is 6.58 Å². The van der Waals surface area contributed by atoms with Gasteiger partial charge in [0.15, 0.2) is 5.01 Å². The number of thiazole rings is 1. The van der Waals surface area contributed by atoms with E-state index in [9.17, 15) is 18.0 Å². The van der Waals surface area contributed by atoms with E-state index in [4.69, 9.17) is 0 Å². The molecule has 0 radical (unpaired) electrons. The Morgan fingerprint density at radius 2 is 2.31 bits per heavy atom. The summed E-state index contributed by atoms with van der Waals surface area (Å²) < 4.78 is 36.7. The number of rotatable bonds is 3. The molecule has 1 rings (SSSR count). The molecule has 16 heavy (non-hydrogen) atoms. The van der Waals surface area contributed by atoms with Gasteiger partial charge in [-0.2, -0.15) is 13.2 Å². The Labute approximate surface area is 94.0 Å². The second-order valence-corrected chi connectivity index (χ2v) is 4.06. The van der Waals surface area contributed by atoms with Gasteiger partial charge in [0.25, 0.3) is 0 Å². The first kappa shape index (κ1) is 12.7. The van der Waals surface area contributed by atoms with Crippen LogP contribution in [0.3, 0.4) is 0 Å². The highest BCUT2D eigenvalue weighted by molar-refractivity contribution is 7.11. The molecule has 1 N–H and O–H groups in total. The maximum Gasteiger partial charge on any atom is 0.443 e. The van der Waals surface area contributed by atoms with Crippen LogP contribution in [0.4, 0.5) is 13.2 Å². The number of amides is 1. The van der Waals surface area contributed by atoms with Crippen molar-refractivity contribution in [1.82, 2.24) is 10.3 Å². The van der Waals surface area contributed by atoms with Gasteiger partial charge in [-0.3, -0.25) is 4.79 Å². The second-order valence-electron chi connectivity index (χ2n) is 3.00. The Hall–Kier alpha value is -1.37. The Morgan fingerprint density at radius 1 is 1.69 bits per heavy atom. The molecule has 1 atom stereocenters. The molecular weight excluding hydrogens is 241 g/mol. The quantitative estimate of drug-likeness (QED) is 0.837. The topological polar surface area (TPSA) is 42.0 Å². The van der Waals surface area contributed by atoms with E-state index in [0.717, 1.165) is 12.3 Å². The number of nitrogens with zero attached hydrogens (tertiary/aromatic N) is 1. The summed E-state index contributed by atoms with van der Waals surface area (Å²) in [6, 6.07) is -0.515. The minimum atomic E-state index is -4.44. The van der Waals surface area contributed by atoms with Crippen LogP contribution in [-0.2, 0) is 11.0 Å². The molecule has 88 valence electrons. The van der Waals surface area contributed by atoms with Gasteiger partial charge in [0.2, 0.25) is 5.91 Å². The first-order chi connectivity index (χ1) is 7.34. The zero-order valence-corrected chi connectivity index (χ0v) is 9.15. The highest BCUT2D eigenvalue weighted by atomic mass is 32.1. The standard InChI is InChI=1S/C9H9F3N2OS/c1-3-7(15)14-5(2)6-4-13-8(16-6)9(10,11)12/h3-5H,1H2,2H3,(H,14,15). The number of hydrogen-bond acceptors (Lipinski definition) is 3. The van der Waals surface area contributed by atoms with E-state index >= 15 is 0 Å². The van der Waals surface area contributed by atoms with Crippen molar-refractivity contribution in [2.75, 3.05) is 0 Å². The van der Waals surface area contributed by atoms with Crippen molar-refractivity contribution in [3.63, 3.8) is 0 Å². The minimum absolute atomic E-state index is 0.350. The molecule has 0 saturated carbocycles. The fourth-order valence-corrected chi connectivity index (χ4v) is 1.75. The van der Waals surface area contributed by atoms with Crippen molar-refractivity contribution in [3.8, 4) is 0 Å². The molecule has 1 heterocycles. The predicted molar refractivity (Wildman–Crippen MR) is 53.9 cm³/mol. The van der Waals surface area contributed by atoms with Crippen LogP contribution in [0.25, 0.3) is 0 Å². The van der Waals surface area contributed by atoms with Crippen molar-refractivity contribution in [1.29, 1.82) is 0 Å². The zero-order chi connectivity index (χ0) is 12.3. The maximum absolute atomic E-state index is 12.2. The van der Waals surface area contributed by atoms with E-state index < -0.39 is 23.1 Å². The first-order valence-corrected chi connectivity index (χ1v) is 5.12. The van der Waals surface area contributed by atoms with Crippen molar-refractivity contribution >= 4 is 17.2 Å². The van der Waals surface area contributed by atoms with E-state index in [1.54, 1.807) is 6.92 Å². The lowest BCUT2D eigenvalue weighted by atomic mass is 10.3. The van der Waals surface area contributed by atoms with Crippen molar-refractivity contribution in [3.05, 3.63) is 28.7 Å². The molecule has 0 spiro atoms. The summed E-state index contributed by atoms with van der Waals surface area (Å²) in [5.41, 5.74) is 0. The molecular formula is C9H9F3N2OS. The molecule has 0 saturated heterocycles. The van der Waals surface area contributed by atoms with Gasteiger partial charge in [-0.25, -0.2) is 4.98 Å². The number of carbonyl (C=O) groups is 1. The van der Waals surface area contributed by atoms with Crippen LogP contribution in [0.15, 0.2) is 18.9 Å². The summed E-state index contributed by atoms with van der Waals surface area (Å²) >= 11 is 0.515. The van der Waals surface area contributed by atoms with Crippen molar-refractivity contribution in [2.24, 2.45) is 0 Å². The Bertz CT molecular complexity index is 400. The molecule has 1 aromatic rings. The van der Waals surface area contributed by atoms with Crippen LogP contribution in [0.2, 0.25) is 0 Å². The van der Waals surface area contributed by atoms with E-state index in [2.05, 4.69) is 16.9 Å². The van der Waals surface area contributed by atoms with Gasteiger partial charge >= 0.3 is 6.18 Å². The van der Waals surface area contributed by atoms with Crippen LogP contribution >= 0.6 is 11.3 Å². The third-order valence-corrected chi connectivity index (χ3v) is 2.96. The highest BCUT2D eigenvalue weighted by Crippen LogP contribution is 2.34. The van der Waals surface area contributed by atoms with Crippen LogP contribution in [0, 0.1) is 0 Å². The first-order valence-electron chi connectivity index (χ1n) is 4.30. The molecule has 1 amide bonds. The summed E-state index contributed by atoms with van der Waals surface area (Å²) in [6.07, 6.45) is -2.27. The zero-order valence-electron chi connectivity index (χ0n) is 8.34. The van der Waals surface area contributed by atoms with Crippen LogP contribution in [0.1, 0.15) is 22.9 Å². The van der Waals surface area contributed by atoms with Crippen LogP contribution < -0.4 is 5.32 Å². The normalized spacial score (nSPS) is 13.2. The monoisotopic (exact) mass is 250 g/mol. The number of alkyl halides is 3. The minimum Gasteiger partial charge on any atom is -0.345 e. The lowest BCUT2D eigenvalue weighted by Crippen LogP contribution is -2.23. The number of hydrogen-bond donors (Lipinski definition) is 1. The van der Waals surface area contributed by atoms with E-state index in [-0.39, 0.29) is 0 Å². The van der Waals surface area contributed by atoms with Gasteiger partial charge in [-0.15, -0.1) is 11.3 Å². The van der Waals surface area contributed by atoms with E-state index in [1.165, 1.54) is 0 Å². The average molecular weight is 250 g/mol. The molecule has 0 aliphatic carbocycles. The van der Waals surface area contributed by atoms with E-state index in [0.29, 0.717) is 16.2 Å². The lowest BCUT2D eigenvalue weighted by Gasteiger charge is -2.09. The smallest absolute Gasteiger partial charge is 0.345 e. The van der Waals surface area contributed by atoms with Crippen LogP contribution in [0.5, 0.6) is 0 Å². The third kappa shape index (κ3) is 3.06. The fraction of sp³-hybridized carbons (Fsp3) is 0.333. The second kappa shape index (κ2) is 4.65. The largest absolute Gasteiger partial charge is 0.443 e. The number of aromatic nitrogens is 1. The lowest BCUT2D eigenvalue weighted by molar-refractivity contribution is -0.137. The Balaban J connectivity index is 2.78. The Morgan fingerprint density at radius 3 is 2.75 bits per heavy atom. The molecule has 3 nitrogen and oxygen atoms in total. The molecule has 0 bridgehead atoms. The number of carbonyl (C=O) groups excluding carboxylic acids is 1. The van der Waals surface area contributed by atoms with Gasteiger partial charge in [0.1, 0.15) is 0 Å². The SMILES string of the molecule is C=CC(=O)NC(C)c1cnc(C(F)(F)F)s1. The maximum atomic E-state index is 12.2. The highest BCUT2D eigenvalue weighted by Gasteiger charge is 2.35. The summed E-state index contributed by atoms with van der Waals surface area (Å²) in [7, 11) is 0. The molecule has 1 aromatic heterocycles.